The Balaban J connectivity index is 2.78. The van der Waals surface area contributed by atoms with Crippen LogP contribution in [0.15, 0.2) is 24.3 Å². The molecule has 0 aliphatic carbocycles. The monoisotopic (exact) mass is 282 g/mol. The second kappa shape index (κ2) is 8.23. The van der Waals surface area contributed by atoms with Crippen molar-refractivity contribution < 1.29 is 19.2 Å². The number of methoxy groups -OCH3 is 2. The van der Waals surface area contributed by atoms with E-state index in [9.17, 15) is 14.9 Å². The van der Waals surface area contributed by atoms with Gasteiger partial charge in [-0.25, -0.2) is 0 Å². The van der Waals surface area contributed by atoms with Gasteiger partial charge in [-0.2, -0.15) is 0 Å². The molecule has 0 saturated carbocycles. The molecule has 0 N–H and O–H groups in total. The van der Waals surface area contributed by atoms with Crippen LogP contribution in [-0.2, 0) is 9.47 Å². The summed E-state index contributed by atoms with van der Waals surface area (Å²) in [6.07, 6.45) is 0. The molecule has 7 nitrogen and oxygen atoms in total. The van der Waals surface area contributed by atoms with Crippen LogP contribution in [0.5, 0.6) is 0 Å². The van der Waals surface area contributed by atoms with E-state index in [0.29, 0.717) is 31.9 Å². The third-order valence-corrected chi connectivity index (χ3v) is 2.74. The highest BCUT2D eigenvalue weighted by Gasteiger charge is 2.16. The molecule has 1 aromatic rings. The Morgan fingerprint density at radius 1 is 1.15 bits per heavy atom. The van der Waals surface area contributed by atoms with Crippen molar-refractivity contribution in [1.82, 2.24) is 4.90 Å². The van der Waals surface area contributed by atoms with E-state index < -0.39 is 4.92 Å². The number of rotatable bonds is 8. The van der Waals surface area contributed by atoms with Crippen molar-refractivity contribution in [2.45, 2.75) is 0 Å². The zero-order valence-corrected chi connectivity index (χ0v) is 11.6. The number of nitro groups is 1. The summed E-state index contributed by atoms with van der Waals surface area (Å²) in [6.45, 7) is 1.72. The average Bonchev–Trinajstić information content (AvgIpc) is 2.47. The van der Waals surface area contributed by atoms with Gasteiger partial charge in [0.2, 0.25) is 0 Å². The predicted molar refractivity (Wildman–Crippen MR) is 72.8 cm³/mol. The molecule has 0 aromatic heterocycles. The molecule has 1 amide bonds. The maximum Gasteiger partial charge on any atom is 0.269 e. The minimum Gasteiger partial charge on any atom is -0.383 e. The molecule has 0 saturated heterocycles. The summed E-state index contributed by atoms with van der Waals surface area (Å²) in [5, 5.41) is 10.6. The zero-order valence-electron chi connectivity index (χ0n) is 11.6. The van der Waals surface area contributed by atoms with Gasteiger partial charge in [0.05, 0.1) is 18.1 Å². The van der Waals surface area contributed by atoms with Gasteiger partial charge in [0.1, 0.15) is 0 Å². The van der Waals surface area contributed by atoms with Crippen molar-refractivity contribution >= 4 is 11.6 Å². The number of non-ortho nitro benzene ring substituents is 1. The number of nitrogens with zero attached hydrogens (tertiary/aromatic N) is 2. The number of hydrogen-bond donors (Lipinski definition) is 0. The van der Waals surface area contributed by atoms with Gasteiger partial charge in [0.25, 0.3) is 11.6 Å². The van der Waals surface area contributed by atoms with E-state index in [2.05, 4.69) is 0 Å². The smallest absolute Gasteiger partial charge is 0.269 e. The molecule has 0 unspecified atom stereocenters. The third-order valence-electron chi connectivity index (χ3n) is 2.74. The summed E-state index contributed by atoms with van der Waals surface area (Å²) in [5.74, 6) is -0.200. The predicted octanol–water partition coefficient (Wildman–Crippen LogP) is 1.33. The van der Waals surface area contributed by atoms with E-state index in [0.717, 1.165) is 0 Å². The van der Waals surface area contributed by atoms with Gasteiger partial charge in [-0.05, 0) is 12.1 Å². The quantitative estimate of drug-likeness (QED) is 0.530. The highest BCUT2D eigenvalue weighted by molar-refractivity contribution is 5.94. The van der Waals surface area contributed by atoms with Crippen molar-refractivity contribution in [1.29, 1.82) is 0 Å². The van der Waals surface area contributed by atoms with Crippen LogP contribution in [0.2, 0.25) is 0 Å². The first kappa shape index (κ1) is 16.1. The first-order valence-electron chi connectivity index (χ1n) is 6.11. The highest BCUT2D eigenvalue weighted by Crippen LogP contribution is 2.13. The van der Waals surface area contributed by atoms with Crippen LogP contribution >= 0.6 is 0 Å². The molecule has 1 rings (SSSR count). The van der Waals surface area contributed by atoms with Gasteiger partial charge in [0.15, 0.2) is 0 Å². The zero-order chi connectivity index (χ0) is 15.0. The molecule has 1 aromatic carbocycles. The summed E-state index contributed by atoms with van der Waals surface area (Å²) in [4.78, 5) is 24.0. The van der Waals surface area contributed by atoms with Crippen molar-refractivity contribution in [3.05, 3.63) is 39.9 Å². The van der Waals surface area contributed by atoms with Crippen LogP contribution in [0, 0.1) is 10.1 Å². The molecular weight excluding hydrogens is 264 g/mol. The lowest BCUT2D eigenvalue weighted by Crippen LogP contribution is -2.36. The van der Waals surface area contributed by atoms with Crippen LogP contribution in [0.4, 0.5) is 5.69 Å². The van der Waals surface area contributed by atoms with Gasteiger partial charge in [0, 0.05) is 45.0 Å². The number of hydrogen-bond acceptors (Lipinski definition) is 5. The standard InChI is InChI=1S/C13H18N2O5/c1-19-9-7-14(8-10-20-2)13(16)11-3-5-12(6-4-11)15(17)18/h3-6H,7-10H2,1-2H3. The molecule has 0 aliphatic heterocycles. The molecule has 0 bridgehead atoms. The number of benzene rings is 1. The van der Waals surface area contributed by atoms with Gasteiger partial charge in [-0.15, -0.1) is 0 Å². The number of nitro benzene ring substituents is 1. The topological polar surface area (TPSA) is 81.9 Å². The van der Waals surface area contributed by atoms with Crippen LogP contribution < -0.4 is 0 Å². The maximum atomic E-state index is 12.3. The van der Waals surface area contributed by atoms with Crippen LogP contribution in [0.25, 0.3) is 0 Å². The van der Waals surface area contributed by atoms with Crippen molar-refractivity contribution in [2.75, 3.05) is 40.5 Å². The van der Waals surface area contributed by atoms with E-state index >= 15 is 0 Å². The lowest BCUT2D eigenvalue weighted by atomic mass is 10.2. The second-order valence-corrected chi connectivity index (χ2v) is 4.08. The summed E-state index contributed by atoms with van der Waals surface area (Å²) in [7, 11) is 3.12. The Hall–Kier alpha value is -1.99. The van der Waals surface area contributed by atoms with Gasteiger partial charge >= 0.3 is 0 Å². The number of carbonyl (C=O) groups is 1. The molecule has 0 radical (unpaired) electrons. The van der Waals surface area contributed by atoms with Crippen molar-refractivity contribution in [3.63, 3.8) is 0 Å². The number of carbonyl (C=O) groups excluding carboxylic acids is 1. The molecule has 7 heteroatoms. The van der Waals surface area contributed by atoms with E-state index in [1.54, 1.807) is 19.1 Å². The molecule has 0 heterocycles. The Kier molecular flexibility index (Phi) is 6.61. The minimum absolute atomic E-state index is 0.0399. The largest absolute Gasteiger partial charge is 0.383 e. The van der Waals surface area contributed by atoms with E-state index in [1.807, 2.05) is 0 Å². The Morgan fingerprint density at radius 3 is 2.05 bits per heavy atom. The molecule has 0 fully saturated rings. The Labute approximate surface area is 117 Å². The molecule has 20 heavy (non-hydrogen) atoms. The molecule has 0 atom stereocenters. The first-order chi connectivity index (χ1) is 9.60. The highest BCUT2D eigenvalue weighted by atomic mass is 16.6. The summed E-state index contributed by atoms with van der Waals surface area (Å²) in [5.41, 5.74) is 0.365. The normalized spacial score (nSPS) is 10.3. The van der Waals surface area contributed by atoms with Crippen LogP contribution in [0.1, 0.15) is 10.4 Å². The first-order valence-corrected chi connectivity index (χ1v) is 6.11. The lowest BCUT2D eigenvalue weighted by molar-refractivity contribution is -0.384. The van der Waals surface area contributed by atoms with Crippen molar-refractivity contribution in [2.24, 2.45) is 0 Å². The van der Waals surface area contributed by atoms with Gasteiger partial charge < -0.3 is 14.4 Å². The van der Waals surface area contributed by atoms with Gasteiger partial charge in [-0.3, -0.25) is 14.9 Å². The second-order valence-electron chi connectivity index (χ2n) is 4.08. The Bertz CT molecular complexity index is 439. The fourth-order valence-electron chi connectivity index (χ4n) is 1.63. The third kappa shape index (κ3) is 4.60. The lowest BCUT2D eigenvalue weighted by Gasteiger charge is -2.22. The van der Waals surface area contributed by atoms with E-state index in [4.69, 9.17) is 9.47 Å². The van der Waals surface area contributed by atoms with Crippen LogP contribution in [0.3, 0.4) is 0 Å². The maximum absolute atomic E-state index is 12.3. The summed E-state index contributed by atoms with van der Waals surface area (Å²) in [6, 6.07) is 5.54. The summed E-state index contributed by atoms with van der Waals surface area (Å²) >= 11 is 0. The Morgan fingerprint density at radius 2 is 1.65 bits per heavy atom. The molecule has 110 valence electrons. The fraction of sp³-hybridized carbons (Fsp3) is 0.462. The van der Waals surface area contributed by atoms with Crippen molar-refractivity contribution in [3.8, 4) is 0 Å². The minimum atomic E-state index is -0.498. The van der Waals surface area contributed by atoms with E-state index in [1.165, 1.54) is 24.3 Å². The molecular formula is C13H18N2O5. The van der Waals surface area contributed by atoms with Gasteiger partial charge in [-0.1, -0.05) is 0 Å². The van der Waals surface area contributed by atoms with Crippen LogP contribution in [-0.4, -0.2) is 56.3 Å². The number of amides is 1. The average molecular weight is 282 g/mol. The SMILES string of the molecule is COCCN(CCOC)C(=O)c1ccc([N+](=O)[O-])cc1. The summed E-state index contributed by atoms with van der Waals surface area (Å²) < 4.78 is 9.93. The molecule has 0 spiro atoms. The number of ether oxygens (including phenoxy) is 2. The molecule has 0 aliphatic rings. The fourth-order valence-corrected chi connectivity index (χ4v) is 1.63. The van der Waals surface area contributed by atoms with E-state index in [-0.39, 0.29) is 11.6 Å².